The van der Waals surface area contributed by atoms with E-state index in [0.29, 0.717) is 24.4 Å². The number of carbonyl (C=O) groups is 1. The van der Waals surface area contributed by atoms with Gasteiger partial charge >= 0.3 is 6.18 Å². The molecule has 1 amide bonds. The molecule has 6 heteroatoms. The zero-order valence-corrected chi connectivity index (χ0v) is 11.8. The largest absolute Gasteiger partial charge is 0.416 e. The van der Waals surface area contributed by atoms with E-state index >= 15 is 0 Å². The minimum Gasteiger partial charge on any atom is -0.355 e. The molecule has 1 aromatic carbocycles. The van der Waals surface area contributed by atoms with E-state index in [4.69, 9.17) is 0 Å². The molecule has 2 N–H and O–H groups in total. The fourth-order valence-electron chi connectivity index (χ4n) is 2.37. The van der Waals surface area contributed by atoms with Crippen LogP contribution in [0.2, 0.25) is 0 Å². The number of rotatable bonds is 5. The molecule has 1 fully saturated rings. The maximum absolute atomic E-state index is 12.7. The molecule has 0 radical (unpaired) electrons. The molecular formula is C15H19F3N2O. The number of alkyl halides is 3. The van der Waals surface area contributed by atoms with Gasteiger partial charge in [0.2, 0.25) is 5.91 Å². The molecule has 0 bridgehead atoms. The molecule has 1 aliphatic heterocycles. The second-order valence-electron chi connectivity index (χ2n) is 5.35. The van der Waals surface area contributed by atoms with E-state index in [-0.39, 0.29) is 5.91 Å². The molecule has 2 rings (SSSR count). The first-order chi connectivity index (χ1) is 9.91. The number of nitrogens with one attached hydrogen (secondary N) is 2. The van der Waals surface area contributed by atoms with Gasteiger partial charge in [0.05, 0.1) is 11.5 Å². The third-order valence-corrected chi connectivity index (χ3v) is 3.77. The molecule has 0 aromatic heterocycles. The zero-order chi connectivity index (χ0) is 15.5. The first-order valence-corrected chi connectivity index (χ1v) is 7.07. The minimum absolute atomic E-state index is 0.205. The topological polar surface area (TPSA) is 41.1 Å². The SMILES string of the molecule is CCC(C(=O)NCC1CNC1)c1cccc(C(F)(F)F)c1. The first-order valence-electron chi connectivity index (χ1n) is 7.07. The number of hydrogen-bond acceptors (Lipinski definition) is 2. The number of carbonyl (C=O) groups excluding carboxylic acids is 1. The van der Waals surface area contributed by atoms with Crippen molar-refractivity contribution < 1.29 is 18.0 Å². The van der Waals surface area contributed by atoms with Crippen LogP contribution >= 0.6 is 0 Å². The monoisotopic (exact) mass is 300 g/mol. The molecule has 1 saturated heterocycles. The fourth-order valence-corrected chi connectivity index (χ4v) is 2.37. The Hall–Kier alpha value is -1.56. The highest BCUT2D eigenvalue weighted by atomic mass is 19.4. The van der Waals surface area contributed by atoms with Gasteiger partial charge in [0.15, 0.2) is 0 Å². The summed E-state index contributed by atoms with van der Waals surface area (Å²) in [5.41, 5.74) is -0.300. The summed E-state index contributed by atoms with van der Waals surface area (Å²) in [6, 6.07) is 5.02. The van der Waals surface area contributed by atoms with Crippen molar-refractivity contribution in [2.45, 2.75) is 25.4 Å². The predicted octanol–water partition coefficient (Wildman–Crippen LogP) is 2.53. The Balaban J connectivity index is 2.07. The van der Waals surface area contributed by atoms with Gasteiger partial charge in [0.25, 0.3) is 0 Å². The summed E-state index contributed by atoms with van der Waals surface area (Å²) < 4.78 is 38.2. The molecule has 116 valence electrons. The van der Waals surface area contributed by atoms with Crippen LogP contribution in [0.25, 0.3) is 0 Å². The fraction of sp³-hybridized carbons (Fsp3) is 0.533. The lowest BCUT2D eigenvalue weighted by Crippen LogP contribution is -2.48. The van der Waals surface area contributed by atoms with E-state index in [0.717, 1.165) is 25.2 Å². The van der Waals surface area contributed by atoms with Crippen LogP contribution in [0.3, 0.4) is 0 Å². The predicted molar refractivity (Wildman–Crippen MR) is 73.8 cm³/mol. The number of amides is 1. The lowest BCUT2D eigenvalue weighted by Gasteiger charge is -2.28. The van der Waals surface area contributed by atoms with Crippen LogP contribution in [0, 0.1) is 5.92 Å². The summed E-state index contributed by atoms with van der Waals surface area (Å²) in [5, 5.41) is 5.94. The van der Waals surface area contributed by atoms with Crippen molar-refractivity contribution in [3.8, 4) is 0 Å². The molecular weight excluding hydrogens is 281 g/mol. The molecule has 1 atom stereocenters. The van der Waals surface area contributed by atoms with Crippen LogP contribution in [-0.2, 0) is 11.0 Å². The molecule has 1 aliphatic rings. The van der Waals surface area contributed by atoms with Crippen molar-refractivity contribution in [1.82, 2.24) is 10.6 Å². The van der Waals surface area contributed by atoms with Crippen LogP contribution in [0.4, 0.5) is 13.2 Å². The molecule has 1 heterocycles. The maximum Gasteiger partial charge on any atom is 0.416 e. The van der Waals surface area contributed by atoms with Crippen molar-refractivity contribution >= 4 is 5.91 Å². The van der Waals surface area contributed by atoms with Gasteiger partial charge in [-0.05, 0) is 18.1 Å². The van der Waals surface area contributed by atoms with E-state index in [9.17, 15) is 18.0 Å². The Morgan fingerprint density at radius 1 is 1.43 bits per heavy atom. The smallest absolute Gasteiger partial charge is 0.355 e. The van der Waals surface area contributed by atoms with Gasteiger partial charge < -0.3 is 10.6 Å². The Kier molecular flexibility index (Phi) is 4.88. The second-order valence-corrected chi connectivity index (χ2v) is 5.35. The van der Waals surface area contributed by atoms with Crippen LogP contribution < -0.4 is 10.6 Å². The van der Waals surface area contributed by atoms with E-state index in [1.54, 1.807) is 13.0 Å². The van der Waals surface area contributed by atoms with Gasteiger partial charge in [-0.2, -0.15) is 13.2 Å². The van der Waals surface area contributed by atoms with Gasteiger partial charge in [-0.15, -0.1) is 0 Å². The second kappa shape index (κ2) is 6.47. The third-order valence-electron chi connectivity index (χ3n) is 3.77. The van der Waals surface area contributed by atoms with E-state index < -0.39 is 17.7 Å². The van der Waals surface area contributed by atoms with E-state index in [1.807, 2.05) is 0 Å². The van der Waals surface area contributed by atoms with Crippen LogP contribution in [0.1, 0.15) is 30.4 Å². The van der Waals surface area contributed by atoms with Crippen LogP contribution in [0.15, 0.2) is 24.3 Å². The maximum atomic E-state index is 12.7. The van der Waals surface area contributed by atoms with Gasteiger partial charge in [-0.1, -0.05) is 25.1 Å². The summed E-state index contributed by atoms with van der Waals surface area (Å²) in [6.07, 6.45) is -3.92. The van der Waals surface area contributed by atoms with Gasteiger partial charge in [-0.25, -0.2) is 0 Å². The zero-order valence-electron chi connectivity index (χ0n) is 11.8. The quantitative estimate of drug-likeness (QED) is 0.877. The Morgan fingerprint density at radius 2 is 2.14 bits per heavy atom. The standard InChI is InChI=1S/C15H19F3N2O/c1-2-13(14(21)20-9-10-7-19-8-10)11-4-3-5-12(6-11)15(16,17)18/h3-6,10,13,19H,2,7-9H2,1H3,(H,20,21). The van der Waals surface area contributed by atoms with Crippen molar-refractivity contribution in [3.05, 3.63) is 35.4 Å². The Bertz CT molecular complexity index is 498. The first kappa shape index (κ1) is 15.8. The molecule has 0 spiro atoms. The van der Waals surface area contributed by atoms with E-state index in [1.165, 1.54) is 6.07 Å². The summed E-state index contributed by atoms with van der Waals surface area (Å²) in [7, 11) is 0. The van der Waals surface area contributed by atoms with Gasteiger partial charge in [0.1, 0.15) is 0 Å². The third kappa shape index (κ3) is 3.97. The van der Waals surface area contributed by atoms with Crippen LogP contribution in [0.5, 0.6) is 0 Å². The molecule has 3 nitrogen and oxygen atoms in total. The highest BCUT2D eigenvalue weighted by Crippen LogP contribution is 2.31. The Labute approximate surface area is 121 Å². The van der Waals surface area contributed by atoms with Crippen molar-refractivity contribution in [2.75, 3.05) is 19.6 Å². The summed E-state index contributed by atoms with van der Waals surface area (Å²) >= 11 is 0. The molecule has 1 aromatic rings. The normalized spacial score (nSPS) is 17.1. The average molecular weight is 300 g/mol. The molecule has 0 aliphatic carbocycles. The minimum atomic E-state index is -4.39. The average Bonchev–Trinajstić information content (AvgIpc) is 2.37. The van der Waals surface area contributed by atoms with Gasteiger partial charge in [0, 0.05) is 25.6 Å². The lowest BCUT2D eigenvalue weighted by molar-refractivity contribution is -0.137. The number of hydrogen-bond donors (Lipinski definition) is 2. The van der Waals surface area contributed by atoms with Crippen molar-refractivity contribution in [2.24, 2.45) is 5.92 Å². The highest BCUT2D eigenvalue weighted by molar-refractivity contribution is 5.83. The molecule has 21 heavy (non-hydrogen) atoms. The summed E-state index contributed by atoms with van der Waals surface area (Å²) in [6.45, 7) is 4.12. The van der Waals surface area contributed by atoms with Crippen molar-refractivity contribution in [3.63, 3.8) is 0 Å². The highest BCUT2D eigenvalue weighted by Gasteiger charge is 2.31. The van der Waals surface area contributed by atoms with Gasteiger partial charge in [-0.3, -0.25) is 4.79 Å². The number of halogens is 3. The molecule has 0 saturated carbocycles. The summed E-state index contributed by atoms with van der Waals surface area (Å²) in [5.74, 6) is -0.322. The molecule has 1 unspecified atom stereocenters. The number of benzene rings is 1. The lowest BCUT2D eigenvalue weighted by atomic mass is 9.93. The Morgan fingerprint density at radius 3 is 2.67 bits per heavy atom. The van der Waals surface area contributed by atoms with E-state index in [2.05, 4.69) is 10.6 Å². The summed E-state index contributed by atoms with van der Waals surface area (Å²) in [4.78, 5) is 12.2. The van der Waals surface area contributed by atoms with Crippen LogP contribution in [-0.4, -0.2) is 25.5 Å². The van der Waals surface area contributed by atoms with Crippen molar-refractivity contribution in [1.29, 1.82) is 0 Å².